The maximum absolute atomic E-state index is 13.0. The van der Waals surface area contributed by atoms with E-state index in [1.54, 1.807) is 0 Å². The van der Waals surface area contributed by atoms with Crippen LogP contribution in [0.1, 0.15) is 25.7 Å². The number of nitrogens with zero attached hydrogens (tertiary/aromatic N) is 2. The fraction of sp³-hybridized carbons (Fsp3) is 1.00. The molecule has 0 aromatic carbocycles. The average molecular weight is 268 g/mol. The van der Waals surface area contributed by atoms with Crippen LogP contribution in [0.4, 0.5) is 17.6 Å². The second kappa shape index (κ2) is 5.74. The lowest BCUT2D eigenvalue weighted by molar-refractivity contribution is -0.145. The molecule has 0 aromatic heterocycles. The van der Waals surface area contributed by atoms with E-state index in [9.17, 15) is 17.6 Å². The zero-order valence-electron chi connectivity index (χ0n) is 10.4. The average Bonchev–Trinajstić information content (AvgIpc) is 2.82. The van der Waals surface area contributed by atoms with E-state index in [1.165, 1.54) is 4.90 Å². The van der Waals surface area contributed by atoms with Gasteiger partial charge in [-0.25, -0.2) is 8.78 Å². The quantitative estimate of drug-likeness (QED) is 0.723. The van der Waals surface area contributed by atoms with Gasteiger partial charge in [-0.2, -0.15) is 8.78 Å². The molecule has 2 saturated heterocycles. The molecule has 6 heteroatoms. The molecule has 106 valence electrons. The summed E-state index contributed by atoms with van der Waals surface area (Å²) in [6, 6.07) is 0.273. The third-order valence-electron chi connectivity index (χ3n) is 3.89. The second-order valence-electron chi connectivity index (χ2n) is 5.34. The van der Waals surface area contributed by atoms with Gasteiger partial charge in [0.05, 0.1) is 6.54 Å². The van der Waals surface area contributed by atoms with Crippen LogP contribution < -0.4 is 0 Å². The van der Waals surface area contributed by atoms with E-state index in [-0.39, 0.29) is 6.04 Å². The van der Waals surface area contributed by atoms with E-state index < -0.39 is 18.9 Å². The molecule has 2 aliphatic heterocycles. The lowest BCUT2D eigenvalue weighted by Crippen LogP contribution is -2.51. The van der Waals surface area contributed by atoms with E-state index in [1.807, 2.05) is 0 Å². The predicted molar refractivity (Wildman–Crippen MR) is 61.2 cm³/mol. The van der Waals surface area contributed by atoms with Gasteiger partial charge in [-0.3, -0.25) is 9.80 Å². The van der Waals surface area contributed by atoms with Gasteiger partial charge in [0.15, 0.2) is 0 Å². The number of hydrogen-bond acceptors (Lipinski definition) is 2. The Balaban J connectivity index is 1.86. The van der Waals surface area contributed by atoms with Crippen molar-refractivity contribution in [2.24, 2.45) is 0 Å². The second-order valence-corrected chi connectivity index (χ2v) is 5.34. The van der Waals surface area contributed by atoms with Crippen molar-refractivity contribution < 1.29 is 17.6 Å². The van der Waals surface area contributed by atoms with Crippen molar-refractivity contribution in [2.75, 3.05) is 32.7 Å². The van der Waals surface area contributed by atoms with E-state index in [0.717, 1.165) is 38.8 Å². The number of piperidine rings is 1. The van der Waals surface area contributed by atoms with Crippen molar-refractivity contribution in [1.82, 2.24) is 9.80 Å². The molecule has 0 amide bonds. The minimum Gasteiger partial charge on any atom is -0.299 e. The highest BCUT2D eigenvalue weighted by molar-refractivity contribution is 4.85. The standard InChI is InChI=1S/C12H20F4N2/c13-11(14)12(15,16)9-17-5-3-4-10(8-17)18-6-1-2-7-18/h10-11H,1-9H2/t10-/m0/s1. The van der Waals surface area contributed by atoms with Gasteiger partial charge in [-0.15, -0.1) is 0 Å². The Labute approximate surface area is 105 Å². The van der Waals surface area contributed by atoms with Gasteiger partial charge in [0, 0.05) is 12.6 Å². The molecule has 0 aromatic rings. The maximum atomic E-state index is 13.0. The molecule has 2 nitrogen and oxygen atoms in total. The Morgan fingerprint density at radius 3 is 2.33 bits per heavy atom. The molecule has 0 unspecified atom stereocenters. The molecule has 2 heterocycles. The number of alkyl halides is 4. The number of likely N-dealkylation sites (tertiary alicyclic amines) is 2. The summed E-state index contributed by atoms with van der Waals surface area (Å²) in [7, 11) is 0. The zero-order chi connectivity index (χ0) is 13.2. The van der Waals surface area contributed by atoms with Crippen molar-refractivity contribution >= 4 is 0 Å². The summed E-state index contributed by atoms with van der Waals surface area (Å²) < 4.78 is 50.4. The molecular weight excluding hydrogens is 248 g/mol. The summed E-state index contributed by atoms with van der Waals surface area (Å²) in [5.74, 6) is -3.88. The molecule has 1 atom stereocenters. The first-order valence-electron chi connectivity index (χ1n) is 6.61. The van der Waals surface area contributed by atoms with Crippen LogP contribution in [0.5, 0.6) is 0 Å². The van der Waals surface area contributed by atoms with E-state index in [0.29, 0.717) is 13.1 Å². The summed E-state index contributed by atoms with van der Waals surface area (Å²) in [5, 5.41) is 0. The highest BCUT2D eigenvalue weighted by Crippen LogP contribution is 2.27. The molecule has 0 N–H and O–H groups in total. The topological polar surface area (TPSA) is 6.48 Å². The Bertz CT molecular complexity index is 267. The van der Waals surface area contributed by atoms with E-state index in [2.05, 4.69) is 4.90 Å². The van der Waals surface area contributed by atoms with Crippen LogP contribution in [0.2, 0.25) is 0 Å². The maximum Gasteiger partial charge on any atom is 0.319 e. The molecular formula is C12H20F4N2. The zero-order valence-corrected chi connectivity index (χ0v) is 10.4. The first-order valence-corrected chi connectivity index (χ1v) is 6.61. The molecule has 2 aliphatic rings. The summed E-state index contributed by atoms with van der Waals surface area (Å²) in [6.45, 7) is 2.23. The molecule has 0 radical (unpaired) electrons. The fourth-order valence-corrected chi connectivity index (χ4v) is 2.95. The van der Waals surface area contributed by atoms with Crippen molar-refractivity contribution in [3.8, 4) is 0 Å². The van der Waals surface area contributed by atoms with Gasteiger partial charge >= 0.3 is 12.3 Å². The third kappa shape index (κ3) is 3.35. The highest BCUT2D eigenvalue weighted by atomic mass is 19.3. The first-order chi connectivity index (χ1) is 8.49. The molecule has 0 aliphatic carbocycles. The molecule has 2 rings (SSSR count). The van der Waals surface area contributed by atoms with E-state index >= 15 is 0 Å². The molecule has 2 fully saturated rings. The van der Waals surface area contributed by atoms with Crippen LogP contribution in [-0.2, 0) is 0 Å². The SMILES string of the molecule is FC(F)C(F)(F)CN1CCC[C@H](N2CCCC2)C1. The van der Waals surface area contributed by atoms with Gasteiger partial charge in [0.1, 0.15) is 0 Å². The minimum absolute atomic E-state index is 0.273. The van der Waals surface area contributed by atoms with E-state index in [4.69, 9.17) is 0 Å². The van der Waals surface area contributed by atoms with Crippen LogP contribution in [0.3, 0.4) is 0 Å². The predicted octanol–water partition coefficient (Wildman–Crippen LogP) is 2.45. The minimum atomic E-state index is -3.88. The van der Waals surface area contributed by atoms with Gasteiger partial charge < -0.3 is 0 Å². The van der Waals surface area contributed by atoms with Crippen molar-refractivity contribution in [3.63, 3.8) is 0 Å². The Hall–Kier alpha value is -0.360. The van der Waals surface area contributed by atoms with Crippen LogP contribution in [-0.4, -0.2) is 60.9 Å². The van der Waals surface area contributed by atoms with Crippen molar-refractivity contribution in [3.05, 3.63) is 0 Å². The summed E-state index contributed by atoms with van der Waals surface area (Å²) in [5.41, 5.74) is 0. The Kier molecular flexibility index (Phi) is 4.48. The number of hydrogen-bond donors (Lipinski definition) is 0. The lowest BCUT2D eigenvalue weighted by atomic mass is 10.0. The van der Waals surface area contributed by atoms with Gasteiger partial charge in [0.2, 0.25) is 0 Å². The molecule has 0 bridgehead atoms. The van der Waals surface area contributed by atoms with Crippen LogP contribution in [0, 0.1) is 0 Å². The smallest absolute Gasteiger partial charge is 0.299 e. The third-order valence-corrected chi connectivity index (χ3v) is 3.89. The Morgan fingerprint density at radius 2 is 1.72 bits per heavy atom. The van der Waals surface area contributed by atoms with Gasteiger partial charge in [-0.05, 0) is 45.3 Å². The van der Waals surface area contributed by atoms with Gasteiger partial charge in [-0.1, -0.05) is 0 Å². The summed E-state index contributed by atoms with van der Waals surface area (Å²) in [6.07, 6.45) is 0.564. The van der Waals surface area contributed by atoms with Gasteiger partial charge in [0.25, 0.3) is 0 Å². The number of halogens is 4. The van der Waals surface area contributed by atoms with Crippen LogP contribution >= 0.6 is 0 Å². The largest absolute Gasteiger partial charge is 0.319 e. The Morgan fingerprint density at radius 1 is 1.06 bits per heavy atom. The summed E-state index contributed by atoms with van der Waals surface area (Å²) >= 11 is 0. The summed E-state index contributed by atoms with van der Waals surface area (Å²) in [4.78, 5) is 3.81. The monoisotopic (exact) mass is 268 g/mol. The van der Waals surface area contributed by atoms with Crippen molar-refractivity contribution in [1.29, 1.82) is 0 Å². The molecule has 0 saturated carbocycles. The first kappa shape index (κ1) is 14.1. The molecule has 18 heavy (non-hydrogen) atoms. The number of rotatable bonds is 4. The van der Waals surface area contributed by atoms with Crippen LogP contribution in [0.25, 0.3) is 0 Å². The fourth-order valence-electron chi connectivity index (χ4n) is 2.95. The highest BCUT2D eigenvalue weighted by Gasteiger charge is 2.43. The normalized spacial score (nSPS) is 28.2. The molecule has 0 spiro atoms. The van der Waals surface area contributed by atoms with Crippen LogP contribution in [0.15, 0.2) is 0 Å². The lowest BCUT2D eigenvalue weighted by Gasteiger charge is -2.38. The van der Waals surface area contributed by atoms with Crippen molar-refractivity contribution in [2.45, 2.75) is 44.1 Å².